The molecule has 0 aliphatic carbocycles. The van der Waals surface area contributed by atoms with E-state index in [1.807, 2.05) is 0 Å². The molecule has 0 bridgehead atoms. The summed E-state index contributed by atoms with van der Waals surface area (Å²) in [6.07, 6.45) is -4.55. The van der Waals surface area contributed by atoms with Gasteiger partial charge in [-0.3, -0.25) is 4.79 Å². The van der Waals surface area contributed by atoms with Crippen molar-refractivity contribution in [3.05, 3.63) is 23.8 Å². The Morgan fingerprint density at radius 3 is 2.42 bits per heavy atom. The SMILES string of the molecule is CC(C)(CN)C(=O)Nc1cc(C(F)(F)F)ccc1O. The van der Waals surface area contributed by atoms with E-state index in [2.05, 4.69) is 5.32 Å². The largest absolute Gasteiger partial charge is 0.506 e. The van der Waals surface area contributed by atoms with Gasteiger partial charge in [-0.15, -0.1) is 0 Å². The first kappa shape index (κ1) is 15.3. The Morgan fingerprint density at radius 2 is 1.95 bits per heavy atom. The summed E-state index contributed by atoms with van der Waals surface area (Å²) in [7, 11) is 0. The van der Waals surface area contributed by atoms with Gasteiger partial charge in [0.2, 0.25) is 5.91 Å². The molecule has 1 aromatic carbocycles. The van der Waals surface area contributed by atoms with Crippen LogP contribution in [0.15, 0.2) is 18.2 Å². The zero-order chi connectivity index (χ0) is 14.8. The Bertz CT molecular complexity index is 484. The van der Waals surface area contributed by atoms with Gasteiger partial charge in [0, 0.05) is 6.54 Å². The Balaban J connectivity index is 3.05. The molecule has 19 heavy (non-hydrogen) atoms. The van der Waals surface area contributed by atoms with Crippen molar-refractivity contribution in [2.75, 3.05) is 11.9 Å². The Kier molecular flexibility index (Phi) is 4.09. The molecular formula is C12H15F3N2O2. The molecule has 0 heterocycles. The number of carbonyl (C=O) groups excluding carboxylic acids is 1. The maximum atomic E-state index is 12.5. The highest BCUT2D eigenvalue weighted by atomic mass is 19.4. The molecule has 4 nitrogen and oxygen atoms in total. The number of halogens is 3. The smallest absolute Gasteiger partial charge is 0.416 e. The first-order valence-electron chi connectivity index (χ1n) is 5.49. The van der Waals surface area contributed by atoms with Gasteiger partial charge in [-0.25, -0.2) is 0 Å². The number of rotatable bonds is 3. The normalized spacial score (nSPS) is 12.3. The van der Waals surface area contributed by atoms with Gasteiger partial charge < -0.3 is 16.2 Å². The van der Waals surface area contributed by atoms with Crippen molar-refractivity contribution in [3.63, 3.8) is 0 Å². The minimum atomic E-state index is -4.55. The summed E-state index contributed by atoms with van der Waals surface area (Å²) < 4.78 is 37.6. The van der Waals surface area contributed by atoms with Crippen molar-refractivity contribution < 1.29 is 23.1 Å². The second kappa shape index (κ2) is 5.08. The van der Waals surface area contributed by atoms with Gasteiger partial charge in [-0.05, 0) is 32.0 Å². The highest BCUT2D eigenvalue weighted by molar-refractivity contribution is 5.96. The van der Waals surface area contributed by atoms with Crippen molar-refractivity contribution in [1.29, 1.82) is 0 Å². The highest BCUT2D eigenvalue weighted by Gasteiger charge is 2.32. The molecule has 0 radical (unpaired) electrons. The number of nitrogens with two attached hydrogens (primary N) is 1. The summed E-state index contributed by atoms with van der Waals surface area (Å²) in [5.74, 6) is -1.00. The fourth-order valence-electron chi connectivity index (χ4n) is 1.20. The third kappa shape index (κ3) is 3.60. The first-order valence-corrected chi connectivity index (χ1v) is 5.49. The topological polar surface area (TPSA) is 75.4 Å². The number of phenols is 1. The number of anilines is 1. The minimum Gasteiger partial charge on any atom is -0.506 e. The number of carbonyl (C=O) groups is 1. The van der Waals surface area contributed by atoms with Crippen LogP contribution in [-0.2, 0) is 11.0 Å². The summed E-state index contributed by atoms with van der Waals surface area (Å²) in [6.45, 7) is 3.12. The fourth-order valence-corrected chi connectivity index (χ4v) is 1.20. The average molecular weight is 276 g/mol. The van der Waals surface area contributed by atoms with Gasteiger partial charge >= 0.3 is 6.18 Å². The monoisotopic (exact) mass is 276 g/mol. The van der Waals surface area contributed by atoms with E-state index in [0.29, 0.717) is 6.07 Å². The van der Waals surface area contributed by atoms with Crippen LogP contribution >= 0.6 is 0 Å². The molecule has 0 aliphatic rings. The van der Waals surface area contributed by atoms with Crippen molar-refractivity contribution in [2.45, 2.75) is 20.0 Å². The van der Waals surface area contributed by atoms with Crippen LogP contribution in [0.4, 0.5) is 18.9 Å². The number of benzene rings is 1. The summed E-state index contributed by atoms with van der Waals surface area (Å²) in [4.78, 5) is 11.8. The highest BCUT2D eigenvalue weighted by Crippen LogP contribution is 2.34. The van der Waals surface area contributed by atoms with Gasteiger partial charge in [0.25, 0.3) is 0 Å². The molecule has 1 amide bonds. The molecular weight excluding hydrogens is 261 g/mol. The van der Waals surface area contributed by atoms with Crippen LogP contribution in [0.25, 0.3) is 0 Å². The van der Waals surface area contributed by atoms with Gasteiger partial charge in [0.1, 0.15) is 5.75 Å². The van der Waals surface area contributed by atoms with E-state index in [4.69, 9.17) is 5.73 Å². The molecule has 0 spiro atoms. The van der Waals surface area contributed by atoms with E-state index >= 15 is 0 Å². The lowest BCUT2D eigenvalue weighted by atomic mass is 9.92. The summed E-state index contributed by atoms with van der Waals surface area (Å²) in [6, 6.07) is 2.30. The van der Waals surface area contributed by atoms with E-state index in [9.17, 15) is 23.1 Å². The number of alkyl halides is 3. The van der Waals surface area contributed by atoms with Crippen molar-refractivity contribution in [2.24, 2.45) is 11.1 Å². The zero-order valence-corrected chi connectivity index (χ0v) is 10.5. The molecule has 0 fully saturated rings. The van der Waals surface area contributed by atoms with Crippen molar-refractivity contribution in [1.82, 2.24) is 0 Å². The molecule has 1 aromatic rings. The van der Waals surface area contributed by atoms with E-state index in [1.165, 1.54) is 0 Å². The number of aromatic hydroxyl groups is 1. The lowest BCUT2D eigenvalue weighted by Crippen LogP contribution is -2.37. The van der Waals surface area contributed by atoms with Crippen LogP contribution in [-0.4, -0.2) is 17.6 Å². The summed E-state index contributed by atoms with van der Waals surface area (Å²) >= 11 is 0. The molecule has 4 N–H and O–H groups in total. The molecule has 106 valence electrons. The van der Waals surface area contributed by atoms with Gasteiger partial charge in [0.05, 0.1) is 16.7 Å². The summed E-state index contributed by atoms with van der Waals surface area (Å²) in [5, 5.41) is 11.7. The second-order valence-corrected chi connectivity index (χ2v) is 4.77. The van der Waals surface area contributed by atoms with Crippen LogP contribution in [0, 0.1) is 5.41 Å². The number of amides is 1. The molecule has 0 unspecified atom stereocenters. The second-order valence-electron chi connectivity index (χ2n) is 4.77. The van der Waals surface area contributed by atoms with Gasteiger partial charge in [0.15, 0.2) is 0 Å². The van der Waals surface area contributed by atoms with Gasteiger partial charge in [-0.2, -0.15) is 13.2 Å². The quantitative estimate of drug-likeness (QED) is 0.742. The third-order valence-corrected chi connectivity index (χ3v) is 2.70. The van der Waals surface area contributed by atoms with Crippen LogP contribution in [0.1, 0.15) is 19.4 Å². The fraction of sp³-hybridized carbons (Fsp3) is 0.417. The predicted molar refractivity (Wildman–Crippen MR) is 64.6 cm³/mol. The number of hydrogen-bond donors (Lipinski definition) is 3. The molecule has 7 heteroatoms. The Labute approximate surface area is 108 Å². The lowest BCUT2D eigenvalue weighted by molar-refractivity contribution is -0.137. The summed E-state index contributed by atoms with van der Waals surface area (Å²) in [5.41, 5.74) is 3.21. The molecule has 0 saturated carbocycles. The standard InChI is InChI=1S/C12H15F3N2O2/c1-11(2,6-16)10(19)17-8-5-7(12(13,14)15)3-4-9(8)18/h3-5,18H,6,16H2,1-2H3,(H,17,19). The van der Waals surface area contributed by atoms with Crippen molar-refractivity contribution in [3.8, 4) is 5.75 Å². The number of hydrogen-bond acceptors (Lipinski definition) is 3. The first-order chi connectivity index (χ1) is 8.58. The molecule has 1 rings (SSSR count). The van der Waals surface area contributed by atoms with Gasteiger partial charge in [-0.1, -0.05) is 0 Å². The van der Waals surface area contributed by atoms with Crippen LogP contribution < -0.4 is 11.1 Å². The third-order valence-electron chi connectivity index (χ3n) is 2.70. The van der Waals surface area contributed by atoms with E-state index in [-0.39, 0.29) is 12.2 Å². The Hall–Kier alpha value is -1.76. The molecule has 0 aliphatic heterocycles. The van der Waals surface area contributed by atoms with Crippen molar-refractivity contribution >= 4 is 11.6 Å². The zero-order valence-electron chi connectivity index (χ0n) is 10.5. The van der Waals surface area contributed by atoms with E-state index in [0.717, 1.165) is 12.1 Å². The molecule has 0 atom stereocenters. The van der Waals surface area contributed by atoms with Crippen LogP contribution in [0.5, 0.6) is 5.75 Å². The maximum Gasteiger partial charge on any atom is 0.416 e. The molecule has 0 aromatic heterocycles. The van der Waals surface area contributed by atoms with E-state index in [1.54, 1.807) is 13.8 Å². The predicted octanol–water partition coefficient (Wildman–Crippen LogP) is 2.33. The van der Waals surface area contributed by atoms with Crippen LogP contribution in [0.2, 0.25) is 0 Å². The average Bonchev–Trinajstić information content (AvgIpc) is 2.30. The molecule has 0 saturated heterocycles. The Morgan fingerprint density at radius 1 is 1.37 bits per heavy atom. The minimum absolute atomic E-state index is 0.0263. The number of phenolic OH excluding ortho intramolecular Hbond substituents is 1. The number of nitrogens with one attached hydrogen (secondary N) is 1. The van der Waals surface area contributed by atoms with E-state index < -0.39 is 28.8 Å². The lowest BCUT2D eigenvalue weighted by Gasteiger charge is -2.22. The maximum absolute atomic E-state index is 12.5. The van der Waals surface area contributed by atoms with Crippen LogP contribution in [0.3, 0.4) is 0 Å².